The number of aryl methyl sites for hydroxylation is 1. The molecule has 1 atom stereocenters. The number of piperidine rings is 1. The molecule has 2 fully saturated rings. The molecule has 2 saturated heterocycles. The number of aromatic nitrogens is 3. The van der Waals surface area contributed by atoms with Gasteiger partial charge in [0.2, 0.25) is 0 Å². The first-order chi connectivity index (χ1) is 17.4. The Balaban J connectivity index is 1.35. The van der Waals surface area contributed by atoms with Crippen LogP contribution in [0.5, 0.6) is 0 Å². The second kappa shape index (κ2) is 10.4. The van der Waals surface area contributed by atoms with Gasteiger partial charge in [0.15, 0.2) is 0 Å². The third-order valence-electron chi connectivity index (χ3n) is 7.24. The smallest absolute Gasteiger partial charge is 0.252 e. The molecule has 2 aliphatic heterocycles. The van der Waals surface area contributed by atoms with Crippen molar-refractivity contribution in [3.05, 3.63) is 59.7 Å². The number of pyridine rings is 1. The van der Waals surface area contributed by atoms with E-state index < -0.39 is 5.92 Å². The monoisotopic (exact) mass is 494 g/mol. The van der Waals surface area contributed by atoms with E-state index in [9.17, 15) is 13.6 Å². The number of amides is 1. The van der Waals surface area contributed by atoms with Gasteiger partial charge in [-0.2, -0.15) is 0 Å². The Morgan fingerprint density at radius 2 is 1.78 bits per heavy atom. The molecule has 3 aromatic rings. The molecule has 0 aliphatic carbocycles. The molecule has 7 nitrogen and oxygen atoms in total. The molecule has 190 valence electrons. The van der Waals surface area contributed by atoms with Crippen molar-refractivity contribution in [3.8, 4) is 0 Å². The maximum Gasteiger partial charge on any atom is 0.252 e. The Kier molecular flexibility index (Phi) is 7.09. The number of hydrogen-bond acceptors (Lipinski definition) is 6. The third kappa shape index (κ3) is 5.31. The predicted octanol–water partition coefficient (Wildman–Crippen LogP) is 4.39. The summed E-state index contributed by atoms with van der Waals surface area (Å²) in [7, 11) is 0. The van der Waals surface area contributed by atoms with Crippen molar-refractivity contribution >= 4 is 22.6 Å². The number of rotatable bonds is 7. The normalized spacial score (nSPS) is 18.9. The van der Waals surface area contributed by atoms with Crippen molar-refractivity contribution in [2.75, 3.05) is 37.6 Å². The summed E-state index contributed by atoms with van der Waals surface area (Å²) in [5, 5.41) is 3.84. The van der Waals surface area contributed by atoms with Crippen LogP contribution in [0.4, 0.5) is 14.6 Å². The molecule has 1 aromatic carbocycles. The number of nitrogens with zero attached hydrogens (tertiary/aromatic N) is 5. The van der Waals surface area contributed by atoms with E-state index in [-0.39, 0.29) is 44.4 Å². The molecule has 5 rings (SSSR count). The number of carbonyl (C=O) groups excluding carboxylic acids is 1. The van der Waals surface area contributed by atoms with E-state index in [2.05, 4.69) is 20.2 Å². The summed E-state index contributed by atoms with van der Waals surface area (Å²) in [5.41, 5.74) is 2.15. The molecular weight excluding hydrogens is 462 g/mol. The van der Waals surface area contributed by atoms with Gasteiger partial charge in [-0.1, -0.05) is 13.0 Å². The molecule has 2 aromatic heterocycles. The summed E-state index contributed by atoms with van der Waals surface area (Å²) in [4.78, 5) is 31.2. The number of alkyl halides is 2. The number of carbonyl (C=O) groups is 1. The summed E-state index contributed by atoms with van der Waals surface area (Å²) in [6.45, 7) is 4.76. The van der Waals surface area contributed by atoms with Gasteiger partial charge in [0.1, 0.15) is 11.6 Å². The van der Waals surface area contributed by atoms with Crippen molar-refractivity contribution in [2.24, 2.45) is 0 Å². The van der Waals surface area contributed by atoms with Gasteiger partial charge < -0.3 is 10.2 Å². The number of fused-ring (bicyclic) bond motifs is 1. The highest BCUT2D eigenvalue weighted by atomic mass is 19.3. The van der Waals surface area contributed by atoms with Gasteiger partial charge in [0.05, 0.1) is 11.6 Å². The van der Waals surface area contributed by atoms with E-state index in [1.165, 1.54) is 12.8 Å². The number of likely N-dealkylation sites (tertiary alicyclic amines) is 1. The van der Waals surface area contributed by atoms with Gasteiger partial charge >= 0.3 is 0 Å². The van der Waals surface area contributed by atoms with Gasteiger partial charge in [0.25, 0.3) is 11.8 Å². The maximum absolute atomic E-state index is 13.8. The fourth-order valence-electron chi connectivity index (χ4n) is 5.09. The molecule has 0 bridgehead atoms. The highest BCUT2D eigenvalue weighted by molar-refractivity contribution is 6.06. The van der Waals surface area contributed by atoms with Gasteiger partial charge in [-0.3, -0.25) is 9.69 Å². The second-order valence-corrected chi connectivity index (χ2v) is 9.64. The predicted molar refractivity (Wildman–Crippen MR) is 135 cm³/mol. The zero-order chi connectivity index (χ0) is 25.1. The summed E-state index contributed by atoms with van der Waals surface area (Å²) in [5.74, 6) is -1.19. The van der Waals surface area contributed by atoms with Crippen molar-refractivity contribution in [3.63, 3.8) is 0 Å². The Bertz CT molecular complexity index is 1200. The Morgan fingerprint density at radius 1 is 1.06 bits per heavy atom. The number of nitrogens with one attached hydrogen (secondary N) is 1. The zero-order valence-corrected chi connectivity index (χ0v) is 20.6. The lowest BCUT2D eigenvalue weighted by molar-refractivity contribution is -0.0632. The minimum absolute atomic E-state index is 0.195. The summed E-state index contributed by atoms with van der Waals surface area (Å²) >= 11 is 0. The quantitative estimate of drug-likeness (QED) is 0.525. The molecule has 2 aliphatic rings. The van der Waals surface area contributed by atoms with Gasteiger partial charge in [-0.05, 0) is 37.1 Å². The SMILES string of the molecule is CCc1ncc(C(CNC(=O)c2cccc3nc(N4CCCC4)ccc23)N2CCC(F)(F)CC2)cn1. The molecule has 4 heterocycles. The summed E-state index contributed by atoms with van der Waals surface area (Å²) < 4.78 is 27.6. The van der Waals surface area contributed by atoms with Crippen LogP contribution in [-0.2, 0) is 6.42 Å². The van der Waals surface area contributed by atoms with Crippen LogP contribution in [0.1, 0.15) is 60.4 Å². The zero-order valence-electron chi connectivity index (χ0n) is 20.6. The maximum atomic E-state index is 13.8. The highest BCUT2D eigenvalue weighted by Gasteiger charge is 2.37. The van der Waals surface area contributed by atoms with Crippen LogP contribution in [0.2, 0.25) is 0 Å². The largest absolute Gasteiger partial charge is 0.357 e. The van der Waals surface area contributed by atoms with Crippen LogP contribution in [0, 0.1) is 0 Å². The van der Waals surface area contributed by atoms with E-state index in [1.54, 1.807) is 18.5 Å². The van der Waals surface area contributed by atoms with Gasteiger partial charge in [-0.15, -0.1) is 0 Å². The van der Waals surface area contributed by atoms with Crippen molar-refractivity contribution < 1.29 is 13.6 Å². The Hall–Kier alpha value is -3.20. The minimum atomic E-state index is -2.64. The molecule has 1 N–H and O–H groups in total. The van der Waals surface area contributed by atoms with E-state index in [1.807, 2.05) is 36.1 Å². The Labute approximate surface area is 209 Å². The standard InChI is InChI=1S/C27H32F2N6O/c1-2-24-30-16-19(17-31-24)23(34-14-10-27(28,29)11-15-34)18-32-26(36)21-6-5-7-22-20(21)8-9-25(33-22)35-12-3-4-13-35/h5-9,16-17,23H,2-4,10-15,18H2,1H3,(H,32,36). The summed E-state index contributed by atoms with van der Waals surface area (Å²) in [6.07, 6.45) is 6.16. The minimum Gasteiger partial charge on any atom is -0.357 e. The van der Waals surface area contributed by atoms with Gasteiger partial charge in [-0.25, -0.2) is 23.7 Å². The molecule has 0 saturated carbocycles. The van der Waals surface area contributed by atoms with Crippen LogP contribution in [0.3, 0.4) is 0 Å². The topological polar surface area (TPSA) is 74.2 Å². The number of halogens is 2. The molecule has 9 heteroatoms. The first-order valence-electron chi connectivity index (χ1n) is 12.8. The number of anilines is 1. The van der Waals surface area contributed by atoms with Crippen LogP contribution in [0.15, 0.2) is 42.7 Å². The van der Waals surface area contributed by atoms with E-state index in [0.29, 0.717) is 12.0 Å². The van der Waals surface area contributed by atoms with Gasteiger partial charge in [0, 0.05) is 80.9 Å². The Morgan fingerprint density at radius 3 is 2.47 bits per heavy atom. The molecule has 1 amide bonds. The lowest BCUT2D eigenvalue weighted by Crippen LogP contribution is -2.45. The number of hydrogen-bond donors (Lipinski definition) is 1. The third-order valence-corrected chi connectivity index (χ3v) is 7.24. The fraction of sp³-hybridized carbons (Fsp3) is 0.481. The average molecular weight is 495 g/mol. The van der Waals surface area contributed by atoms with E-state index in [0.717, 1.165) is 41.2 Å². The molecule has 36 heavy (non-hydrogen) atoms. The fourth-order valence-corrected chi connectivity index (χ4v) is 5.09. The van der Waals surface area contributed by atoms with E-state index >= 15 is 0 Å². The van der Waals surface area contributed by atoms with Crippen molar-refractivity contribution in [2.45, 2.75) is 51.0 Å². The lowest BCUT2D eigenvalue weighted by atomic mass is 10.0. The molecule has 0 radical (unpaired) electrons. The lowest BCUT2D eigenvalue weighted by Gasteiger charge is -2.37. The number of benzene rings is 1. The van der Waals surface area contributed by atoms with Crippen molar-refractivity contribution in [1.82, 2.24) is 25.2 Å². The average Bonchev–Trinajstić information content (AvgIpc) is 3.44. The second-order valence-electron chi connectivity index (χ2n) is 9.64. The first kappa shape index (κ1) is 24.5. The molecule has 0 spiro atoms. The molecule has 1 unspecified atom stereocenters. The van der Waals surface area contributed by atoms with Crippen LogP contribution in [0.25, 0.3) is 10.9 Å². The summed E-state index contributed by atoms with van der Waals surface area (Å²) in [6, 6.07) is 9.23. The van der Waals surface area contributed by atoms with Crippen molar-refractivity contribution in [1.29, 1.82) is 0 Å². The van der Waals surface area contributed by atoms with Crippen LogP contribution in [-0.4, -0.2) is 64.4 Å². The first-order valence-corrected chi connectivity index (χ1v) is 12.8. The highest BCUT2D eigenvalue weighted by Crippen LogP contribution is 2.32. The molecular formula is C27H32F2N6O. The van der Waals surface area contributed by atoms with E-state index in [4.69, 9.17) is 4.98 Å². The van der Waals surface area contributed by atoms with Crippen LogP contribution >= 0.6 is 0 Å². The van der Waals surface area contributed by atoms with Crippen LogP contribution < -0.4 is 10.2 Å².